The summed E-state index contributed by atoms with van der Waals surface area (Å²) in [5.41, 5.74) is 1.57. The van der Waals surface area contributed by atoms with Crippen LogP contribution in [0.2, 0.25) is 5.02 Å². The van der Waals surface area contributed by atoms with E-state index in [1.54, 1.807) is 12.1 Å². The first-order valence-corrected chi connectivity index (χ1v) is 7.33. The van der Waals surface area contributed by atoms with Crippen molar-refractivity contribution in [2.75, 3.05) is 13.1 Å². The van der Waals surface area contributed by atoms with Crippen molar-refractivity contribution in [3.05, 3.63) is 70.0 Å². The first-order valence-electron chi connectivity index (χ1n) is 6.95. The monoisotopic (exact) mass is 303 g/mol. The third-order valence-corrected chi connectivity index (χ3v) is 4.02. The van der Waals surface area contributed by atoms with Crippen LogP contribution in [0.4, 0.5) is 4.39 Å². The summed E-state index contributed by atoms with van der Waals surface area (Å²) in [6.45, 7) is 2.84. The Morgan fingerprint density at radius 2 is 1.90 bits per heavy atom. The van der Waals surface area contributed by atoms with E-state index in [0.717, 1.165) is 25.2 Å². The Bertz CT molecular complexity index is 682. The Morgan fingerprint density at radius 3 is 2.57 bits per heavy atom. The fourth-order valence-electron chi connectivity index (χ4n) is 2.48. The molecule has 2 aromatic carbocycles. The molecule has 21 heavy (non-hydrogen) atoms. The van der Waals surface area contributed by atoms with Gasteiger partial charge in [0.25, 0.3) is 0 Å². The van der Waals surface area contributed by atoms with Gasteiger partial charge in [-0.2, -0.15) is 0 Å². The molecule has 0 aliphatic carbocycles. The summed E-state index contributed by atoms with van der Waals surface area (Å²) in [4.78, 5) is 14.9. The number of likely N-dealkylation sites (tertiary alicyclic amines) is 1. The summed E-state index contributed by atoms with van der Waals surface area (Å²) in [7, 11) is 0. The fourth-order valence-corrected chi connectivity index (χ4v) is 2.64. The zero-order valence-electron chi connectivity index (χ0n) is 11.5. The highest BCUT2D eigenvalue weighted by Gasteiger charge is 2.20. The van der Waals surface area contributed by atoms with Crippen molar-refractivity contribution in [1.82, 2.24) is 4.90 Å². The second kappa shape index (κ2) is 5.96. The zero-order valence-corrected chi connectivity index (χ0v) is 12.2. The van der Waals surface area contributed by atoms with Crippen LogP contribution in [0.5, 0.6) is 0 Å². The normalized spacial score (nSPS) is 14.8. The van der Waals surface area contributed by atoms with Crippen molar-refractivity contribution in [3.63, 3.8) is 0 Å². The molecule has 2 nitrogen and oxygen atoms in total. The minimum Gasteiger partial charge on any atom is -0.299 e. The van der Waals surface area contributed by atoms with Gasteiger partial charge in [0.15, 0.2) is 5.78 Å². The Kier molecular flexibility index (Phi) is 4.04. The predicted molar refractivity (Wildman–Crippen MR) is 81.2 cm³/mol. The lowest BCUT2D eigenvalue weighted by Crippen LogP contribution is -2.36. The predicted octanol–water partition coefficient (Wildman–Crippen LogP) is 3.92. The van der Waals surface area contributed by atoms with E-state index in [0.29, 0.717) is 5.56 Å². The number of benzene rings is 2. The average molecular weight is 304 g/mol. The molecule has 1 saturated heterocycles. The van der Waals surface area contributed by atoms with E-state index in [4.69, 9.17) is 11.6 Å². The summed E-state index contributed by atoms with van der Waals surface area (Å²) in [6, 6.07) is 11.6. The van der Waals surface area contributed by atoms with Crippen molar-refractivity contribution in [3.8, 4) is 0 Å². The highest BCUT2D eigenvalue weighted by molar-refractivity contribution is 6.30. The van der Waals surface area contributed by atoms with Gasteiger partial charge in [-0.3, -0.25) is 9.69 Å². The smallest absolute Gasteiger partial charge is 0.196 e. The second-order valence-corrected chi connectivity index (χ2v) is 5.68. The summed E-state index contributed by atoms with van der Waals surface area (Å²) in [5, 5.41) is 0.290. The molecule has 0 radical (unpaired) electrons. The lowest BCUT2D eigenvalue weighted by Gasteiger charge is -2.31. The fraction of sp³-hybridized carbons (Fsp3) is 0.235. The van der Waals surface area contributed by atoms with E-state index < -0.39 is 5.82 Å². The van der Waals surface area contributed by atoms with Gasteiger partial charge in [-0.05, 0) is 43.3 Å². The molecule has 1 aliphatic heterocycles. The van der Waals surface area contributed by atoms with Crippen molar-refractivity contribution in [2.24, 2.45) is 0 Å². The van der Waals surface area contributed by atoms with Crippen molar-refractivity contribution >= 4 is 17.4 Å². The number of halogens is 2. The molecule has 0 spiro atoms. The van der Waals surface area contributed by atoms with Crippen LogP contribution < -0.4 is 0 Å². The van der Waals surface area contributed by atoms with E-state index in [9.17, 15) is 9.18 Å². The number of rotatable bonds is 4. The minimum atomic E-state index is -0.578. The molecule has 0 N–H and O–H groups in total. The van der Waals surface area contributed by atoms with Gasteiger partial charge in [0.1, 0.15) is 5.82 Å². The lowest BCUT2D eigenvalue weighted by molar-refractivity contribution is 0.103. The van der Waals surface area contributed by atoms with E-state index in [1.165, 1.54) is 24.6 Å². The van der Waals surface area contributed by atoms with E-state index in [-0.39, 0.29) is 16.4 Å². The SMILES string of the molecule is O=C(c1ccc(Cl)cc1F)c1ccccc1CN1CCC1. The molecule has 108 valence electrons. The van der Waals surface area contributed by atoms with E-state index in [2.05, 4.69) is 4.90 Å². The molecule has 1 aliphatic rings. The maximum atomic E-state index is 13.9. The van der Waals surface area contributed by atoms with E-state index >= 15 is 0 Å². The van der Waals surface area contributed by atoms with Gasteiger partial charge in [-0.25, -0.2) is 4.39 Å². The molecule has 0 saturated carbocycles. The third-order valence-electron chi connectivity index (χ3n) is 3.78. The van der Waals surface area contributed by atoms with Gasteiger partial charge in [0, 0.05) is 17.1 Å². The summed E-state index contributed by atoms with van der Waals surface area (Å²) in [6.07, 6.45) is 1.20. The molecule has 1 fully saturated rings. The highest BCUT2D eigenvalue weighted by Crippen LogP contribution is 2.22. The van der Waals surface area contributed by atoms with E-state index in [1.807, 2.05) is 12.1 Å². The Labute approximate surface area is 128 Å². The molecule has 0 amide bonds. The van der Waals surface area contributed by atoms with Crippen LogP contribution in [0.15, 0.2) is 42.5 Å². The van der Waals surface area contributed by atoms with Crippen LogP contribution in [-0.4, -0.2) is 23.8 Å². The van der Waals surface area contributed by atoms with Crippen molar-refractivity contribution < 1.29 is 9.18 Å². The maximum absolute atomic E-state index is 13.9. The van der Waals surface area contributed by atoms with Crippen LogP contribution in [0, 0.1) is 5.82 Å². The molecule has 1 heterocycles. The van der Waals surface area contributed by atoms with Crippen molar-refractivity contribution in [2.45, 2.75) is 13.0 Å². The van der Waals surface area contributed by atoms with Crippen molar-refractivity contribution in [1.29, 1.82) is 0 Å². The van der Waals surface area contributed by atoms with Gasteiger partial charge in [0.2, 0.25) is 0 Å². The number of ketones is 1. The first kappa shape index (κ1) is 14.2. The zero-order chi connectivity index (χ0) is 14.8. The lowest BCUT2D eigenvalue weighted by atomic mass is 9.97. The molecular weight excluding hydrogens is 289 g/mol. The van der Waals surface area contributed by atoms with Crippen LogP contribution in [0.1, 0.15) is 27.9 Å². The van der Waals surface area contributed by atoms with Crippen LogP contribution in [0.25, 0.3) is 0 Å². The number of nitrogens with zero attached hydrogens (tertiary/aromatic N) is 1. The van der Waals surface area contributed by atoms with Gasteiger partial charge in [0.05, 0.1) is 5.56 Å². The summed E-state index contributed by atoms with van der Waals surface area (Å²) in [5.74, 6) is -0.869. The third kappa shape index (κ3) is 2.99. The van der Waals surface area contributed by atoms with Crippen LogP contribution >= 0.6 is 11.6 Å². The molecule has 0 unspecified atom stereocenters. The standard InChI is InChI=1S/C17H15ClFNO/c18-13-6-7-15(16(19)10-13)17(21)14-5-2-1-4-12(14)11-20-8-3-9-20/h1-2,4-7,10H,3,8-9,11H2. The van der Waals surface area contributed by atoms with Gasteiger partial charge in [-0.15, -0.1) is 0 Å². The molecule has 0 aromatic heterocycles. The quantitative estimate of drug-likeness (QED) is 0.798. The number of carbonyl (C=O) groups excluding carboxylic acids is 1. The molecule has 0 atom stereocenters. The minimum absolute atomic E-state index is 0.0652. The number of hydrogen-bond acceptors (Lipinski definition) is 2. The highest BCUT2D eigenvalue weighted by atomic mass is 35.5. The largest absolute Gasteiger partial charge is 0.299 e. The summed E-state index contributed by atoms with van der Waals surface area (Å²) >= 11 is 5.74. The second-order valence-electron chi connectivity index (χ2n) is 5.24. The first-order chi connectivity index (χ1) is 10.1. The average Bonchev–Trinajstić information content (AvgIpc) is 2.43. The Hall–Kier alpha value is -1.71. The maximum Gasteiger partial charge on any atom is 0.196 e. The van der Waals surface area contributed by atoms with Crippen LogP contribution in [-0.2, 0) is 6.54 Å². The molecule has 3 rings (SSSR count). The summed E-state index contributed by atoms with van der Waals surface area (Å²) < 4.78 is 13.9. The topological polar surface area (TPSA) is 20.3 Å². The molecular formula is C17H15ClFNO. The number of hydrogen-bond donors (Lipinski definition) is 0. The Morgan fingerprint density at radius 1 is 1.14 bits per heavy atom. The number of carbonyl (C=O) groups is 1. The van der Waals surface area contributed by atoms with Gasteiger partial charge in [-0.1, -0.05) is 35.9 Å². The van der Waals surface area contributed by atoms with Crippen LogP contribution in [0.3, 0.4) is 0 Å². The molecule has 0 bridgehead atoms. The van der Waals surface area contributed by atoms with Gasteiger partial charge >= 0.3 is 0 Å². The molecule has 2 aromatic rings. The molecule has 4 heteroatoms. The Balaban J connectivity index is 1.93. The van der Waals surface area contributed by atoms with Gasteiger partial charge < -0.3 is 0 Å².